The number of anilines is 1. The third-order valence-electron chi connectivity index (χ3n) is 6.16. The molecule has 1 atom stereocenters. The number of hydrogen-bond donors (Lipinski definition) is 0. The number of halogens is 2. The molecule has 1 aliphatic heterocycles. The molecule has 1 aromatic heterocycles. The largest absolute Gasteiger partial charge is 0.478 e. The molecule has 5 rings (SSSR count). The third kappa shape index (κ3) is 4.91. The Labute approximate surface area is 201 Å². The van der Waals surface area contributed by atoms with Crippen LogP contribution in [0.15, 0.2) is 72.8 Å². The van der Waals surface area contributed by atoms with Crippen molar-refractivity contribution in [2.45, 2.75) is 13.0 Å². The van der Waals surface area contributed by atoms with Gasteiger partial charge in [0.05, 0.1) is 5.69 Å². The van der Waals surface area contributed by atoms with Crippen molar-refractivity contribution in [1.29, 1.82) is 0 Å². The fourth-order valence-corrected chi connectivity index (χ4v) is 4.22. The molecule has 1 aliphatic rings. The molecule has 1 amide bonds. The molecule has 0 spiro atoms. The van der Waals surface area contributed by atoms with Crippen LogP contribution in [0, 0.1) is 11.6 Å². The van der Waals surface area contributed by atoms with Gasteiger partial charge in [-0.2, -0.15) is 0 Å². The summed E-state index contributed by atoms with van der Waals surface area (Å²) in [6.07, 6.45) is -0.887. The van der Waals surface area contributed by atoms with E-state index in [-0.39, 0.29) is 11.7 Å². The van der Waals surface area contributed by atoms with Crippen molar-refractivity contribution in [2.24, 2.45) is 0 Å². The van der Waals surface area contributed by atoms with Gasteiger partial charge in [-0.3, -0.25) is 4.79 Å². The van der Waals surface area contributed by atoms with Crippen molar-refractivity contribution < 1.29 is 18.3 Å². The molecule has 0 bridgehead atoms. The van der Waals surface area contributed by atoms with Gasteiger partial charge in [0.2, 0.25) is 0 Å². The third-order valence-corrected chi connectivity index (χ3v) is 6.16. The van der Waals surface area contributed by atoms with E-state index in [1.165, 1.54) is 11.5 Å². The molecule has 3 aromatic carbocycles. The molecule has 35 heavy (non-hydrogen) atoms. The zero-order chi connectivity index (χ0) is 24.4. The molecule has 0 saturated carbocycles. The number of rotatable bonds is 5. The number of fused-ring (bicyclic) bond motifs is 1. The van der Waals surface area contributed by atoms with E-state index >= 15 is 0 Å². The second kappa shape index (κ2) is 9.66. The van der Waals surface area contributed by atoms with Gasteiger partial charge in [0, 0.05) is 37.8 Å². The minimum Gasteiger partial charge on any atom is -0.478 e. The molecule has 178 valence electrons. The highest BCUT2D eigenvalue weighted by atomic mass is 19.1. The molecular weight excluding hydrogens is 450 g/mol. The number of piperazine rings is 1. The predicted molar refractivity (Wildman–Crippen MR) is 130 cm³/mol. The van der Waals surface area contributed by atoms with Gasteiger partial charge >= 0.3 is 0 Å². The molecule has 0 radical (unpaired) electrons. The average Bonchev–Trinajstić information content (AvgIpc) is 2.90. The van der Waals surface area contributed by atoms with Gasteiger partial charge in [-0.05, 0) is 48.0 Å². The normalized spacial score (nSPS) is 14.7. The van der Waals surface area contributed by atoms with Crippen LogP contribution in [0.25, 0.3) is 22.0 Å². The number of ether oxygens (including phenoxy) is 1. The summed E-state index contributed by atoms with van der Waals surface area (Å²) in [4.78, 5) is 16.5. The Morgan fingerprint density at radius 2 is 1.66 bits per heavy atom. The Balaban J connectivity index is 1.19. The van der Waals surface area contributed by atoms with E-state index in [0.717, 1.165) is 34.6 Å². The van der Waals surface area contributed by atoms with Gasteiger partial charge in [0.25, 0.3) is 5.91 Å². The maximum Gasteiger partial charge on any atom is 0.263 e. The zero-order valence-corrected chi connectivity index (χ0v) is 19.2. The Morgan fingerprint density at radius 1 is 0.886 bits per heavy atom. The lowest BCUT2D eigenvalue weighted by Crippen LogP contribution is -2.52. The molecule has 8 heteroatoms. The highest BCUT2D eigenvalue weighted by molar-refractivity contribution is 5.86. The summed E-state index contributed by atoms with van der Waals surface area (Å²) in [6.45, 7) is 3.70. The number of aromatic nitrogens is 2. The minimum absolute atomic E-state index is 0.146. The smallest absolute Gasteiger partial charge is 0.263 e. The van der Waals surface area contributed by atoms with Crippen molar-refractivity contribution >= 4 is 22.5 Å². The highest BCUT2D eigenvalue weighted by Crippen LogP contribution is 2.24. The van der Waals surface area contributed by atoms with E-state index in [1.54, 1.807) is 11.8 Å². The van der Waals surface area contributed by atoms with E-state index in [4.69, 9.17) is 4.74 Å². The molecular formula is C27H24F2N4O2. The van der Waals surface area contributed by atoms with Gasteiger partial charge in [-0.1, -0.05) is 36.4 Å². The zero-order valence-electron chi connectivity index (χ0n) is 19.2. The lowest BCUT2D eigenvalue weighted by Gasteiger charge is -2.36. The number of benzene rings is 3. The molecule has 0 aliphatic carbocycles. The van der Waals surface area contributed by atoms with Gasteiger partial charge in [-0.25, -0.2) is 8.78 Å². The first kappa shape index (κ1) is 22.7. The van der Waals surface area contributed by atoms with Crippen LogP contribution >= 0.6 is 0 Å². The Hall–Kier alpha value is -4.07. The Morgan fingerprint density at radius 3 is 2.37 bits per heavy atom. The Bertz CT molecular complexity index is 1360. The molecule has 1 unspecified atom stereocenters. The maximum absolute atomic E-state index is 13.9. The second-order valence-electron chi connectivity index (χ2n) is 8.49. The summed E-state index contributed by atoms with van der Waals surface area (Å²) in [5, 5.41) is 11.2. The highest BCUT2D eigenvalue weighted by Gasteiger charge is 2.27. The van der Waals surface area contributed by atoms with E-state index in [0.29, 0.717) is 26.2 Å². The number of carbonyl (C=O) groups is 1. The first-order valence-corrected chi connectivity index (χ1v) is 11.5. The summed E-state index contributed by atoms with van der Waals surface area (Å²) in [5.41, 5.74) is 1.80. The van der Waals surface area contributed by atoms with Gasteiger partial charge in [0.1, 0.15) is 5.82 Å². The fraction of sp³-hybridized carbons (Fsp3) is 0.222. The maximum atomic E-state index is 13.9. The van der Waals surface area contributed by atoms with E-state index in [9.17, 15) is 13.6 Å². The van der Waals surface area contributed by atoms with Crippen LogP contribution in [0.4, 0.5) is 14.6 Å². The molecule has 1 saturated heterocycles. The fourth-order valence-electron chi connectivity index (χ4n) is 4.22. The van der Waals surface area contributed by atoms with Crippen LogP contribution in [-0.4, -0.2) is 53.3 Å². The standard InChI is InChI=1S/C27H24F2N4O2/c1-18(35-25-10-8-22(28)17-23(25)29)27(34)33-14-12-32(13-15-33)26-11-9-24(30-31-26)21-7-6-19-4-2-3-5-20(19)16-21/h2-11,16-18H,12-15H2,1H3. The van der Waals surface area contributed by atoms with Crippen LogP contribution < -0.4 is 9.64 Å². The summed E-state index contributed by atoms with van der Waals surface area (Å²) in [6, 6.07) is 21.3. The van der Waals surface area contributed by atoms with Crippen molar-refractivity contribution in [3.05, 3.63) is 84.4 Å². The van der Waals surface area contributed by atoms with Crippen molar-refractivity contribution in [1.82, 2.24) is 15.1 Å². The number of nitrogens with zero attached hydrogens (tertiary/aromatic N) is 4. The van der Waals surface area contributed by atoms with Crippen LogP contribution in [0.2, 0.25) is 0 Å². The Kier molecular flexibility index (Phi) is 6.27. The lowest BCUT2D eigenvalue weighted by molar-refractivity contribution is -0.138. The second-order valence-corrected chi connectivity index (χ2v) is 8.49. The summed E-state index contributed by atoms with van der Waals surface area (Å²) >= 11 is 0. The molecule has 2 heterocycles. The predicted octanol–water partition coefficient (Wildman–Crippen LogP) is 4.69. The van der Waals surface area contributed by atoms with Crippen LogP contribution in [-0.2, 0) is 4.79 Å². The van der Waals surface area contributed by atoms with E-state index in [2.05, 4.69) is 39.4 Å². The molecule has 6 nitrogen and oxygen atoms in total. The monoisotopic (exact) mass is 474 g/mol. The van der Waals surface area contributed by atoms with Gasteiger partial charge in [-0.15, -0.1) is 10.2 Å². The molecule has 4 aromatic rings. The number of hydrogen-bond acceptors (Lipinski definition) is 5. The minimum atomic E-state index is -0.887. The van der Waals surface area contributed by atoms with Gasteiger partial charge in [0.15, 0.2) is 23.5 Å². The van der Waals surface area contributed by atoms with Crippen molar-refractivity contribution in [3.8, 4) is 17.0 Å². The number of carbonyl (C=O) groups excluding carboxylic acids is 1. The summed E-state index contributed by atoms with van der Waals surface area (Å²) in [7, 11) is 0. The molecule has 1 fully saturated rings. The molecule has 0 N–H and O–H groups in total. The lowest BCUT2D eigenvalue weighted by atomic mass is 10.1. The summed E-state index contributed by atoms with van der Waals surface area (Å²) in [5.74, 6) is -1.17. The summed E-state index contributed by atoms with van der Waals surface area (Å²) < 4.78 is 32.4. The van der Waals surface area contributed by atoms with Crippen LogP contribution in [0.5, 0.6) is 5.75 Å². The van der Waals surface area contributed by atoms with E-state index < -0.39 is 17.7 Å². The van der Waals surface area contributed by atoms with E-state index in [1.807, 2.05) is 30.3 Å². The first-order chi connectivity index (χ1) is 17.0. The average molecular weight is 475 g/mol. The van der Waals surface area contributed by atoms with Crippen LogP contribution in [0.1, 0.15) is 6.92 Å². The van der Waals surface area contributed by atoms with Crippen LogP contribution in [0.3, 0.4) is 0 Å². The van der Waals surface area contributed by atoms with Crippen molar-refractivity contribution in [2.75, 3.05) is 31.1 Å². The first-order valence-electron chi connectivity index (χ1n) is 11.5. The van der Waals surface area contributed by atoms with Crippen molar-refractivity contribution in [3.63, 3.8) is 0 Å². The van der Waals surface area contributed by atoms with Gasteiger partial charge < -0.3 is 14.5 Å². The topological polar surface area (TPSA) is 58.6 Å². The quantitative estimate of drug-likeness (QED) is 0.420. The SMILES string of the molecule is CC(Oc1ccc(F)cc1F)C(=O)N1CCN(c2ccc(-c3ccc4ccccc4c3)nn2)CC1. The number of amides is 1.